The van der Waals surface area contributed by atoms with Gasteiger partial charge in [0.2, 0.25) is 0 Å². The van der Waals surface area contributed by atoms with E-state index in [1.807, 2.05) is 0 Å². The Labute approximate surface area is 126 Å². The minimum absolute atomic E-state index is 0.0902. The van der Waals surface area contributed by atoms with E-state index in [1.54, 1.807) is 0 Å². The van der Waals surface area contributed by atoms with Crippen molar-refractivity contribution in [2.45, 2.75) is 39.3 Å². The molecule has 2 atom stereocenters. The SMILES string of the molecule is CCCNCCOCCOP(=O)(O)OP(=O)(O)C(C)(C)C. The molecule has 0 aliphatic carbocycles. The van der Waals surface area contributed by atoms with Crippen molar-refractivity contribution < 1.29 is 32.5 Å². The molecule has 3 N–H and O–H groups in total. The molecule has 0 aromatic carbocycles. The quantitative estimate of drug-likeness (QED) is 0.385. The summed E-state index contributed by atoms with van der Waals surface area (Å²) in [4.78, 5) is 19.0. The summed E-state index contributed by atoms with van der Waals surface area (Å²) in [7, 11) is -8.85. The van der Waals surface area contributed by atoms with Gasteiger partial charge in [-0.05, 0) is 33.7 Å². The molecule has 0 aromatic heterocycles. The lowest BCUT2D eigenvalue weighted by atomic mass is 10.3. The monoisotopic (exact) mass is 347 g/mol. The van der Waals surface area contributed by atoms with Crippen LogP contribution in [0, 0.1) is 0 Å². The van der Waals surface area contributed by atoms with Crippen LogP contribution in [0.5, 0.6) is 0 Å². The molecule has 21 heavy (non-hydrogen) atoms. The van der Waals surface area contributed by atoms with Gasteiger partial charge in [-0.15, -0.1) is 0 Å². The first-order valence-electron chi connectivity index (χ1n) is 6.82. The van der Waals surface area contributed by atoms with Gasteiger partial charge in [-0.2, -0.15) is 0 Å². The van der Waals surface area contributed by atoms with Crippen LogP contribution in [0.1, 0.15) is 34.1 Å². The van der Waals surface area contributed by atoms with Crippen molar-refractivity contribution >= 4 is 15.4 Å². The second-order valence-corrected chi connectivity index (χ2v) is 9.67. The van der Waals surface area contributed by atoms with Crippen LogP contribution in [0.4, 0.5) is 0 Å². The summed E-state index contributed by atoms with van der Waals surface area (Å²) in [5.41, 5.74) is 0. The summed E-state index contributed by atoms with van der Waals surface area (Å²) in [6.07, 6.45) is 1.03. The summed E-state index contributed by atoms with van der Waals surface area (Å²) < 4.78 is 37.5. The van der Waals surface area contributed by atoms with Gasteiger partial charge in [-0.3, -0.25) is 9.09 Å². The molecule has 0 spiro atoms. The first-order chi connectivity index (χ1) is 9.52. The van der Waals surface area contributed by atoms with Crippen LogP contribution in [0.25, 0.3) is 0 Å². The highest BCUT2D eigenvalue weighted by molar-refractivity contribution is 7.64. The van der Waals surface area contributed by atoms with Gasteiger partial charge in [0.15, 0.2) is 0 Å². The third kappa shape index (κ3) is 9.76. The van der Waals surface area contributed by atoms with E-state index < -0.39 is 20.6 Å². The molecule has 0 saturated heterocycles. The molecule has 0 aliphatic heterocycles. The molecular formula is C11H27NO7P2. The molecule has 0 amide bonds. The molecule has 10 heteroatoms. The van der Waals surface area contributed by atoms with E-state index in [1.165, 1.54) is 20.8 Å². The van der Waals surface area contributed by atoms with Gasteiger partial charge in [-0.1, -0.05) is 6.92 Å². The number of nitrogens with one attached hydrogen (secondary N) is 1. The highest BCUT2D eigenvalue weighted by Gasteiger charge is 2.43. The Balaban J connectivity index is 3.94. The number of rotatable bonds is 11. The predicted molar refractivity (Wildman–Crippen MR) is 80.4 cm³/mol. The number of phosphoric acid groups is 1. The van der Waals surface area contributed by atoms with Gasteiger partial charge in [0.05, 0.1) is 25.0 Å². The third-order valence-corrected chi connectivity index (χ3v) is 6.31. The molecule has 0 aromatic rings. The average Bonchev–Trinajstić information content (AvgIpc) is 2.29. The van der Waals surface area contributed by atoms with E-state index in [9.17, 15) is 18.9 Å². The minimum Gasteiger partial charge on any atom is -0.378 e. The van der Waals surface area contributed by atoms with E-state index in [0.717, 1.165) is 13.0 Å². The van der Waals surface area contributed by atoms with Crippen LogP contribution in [-0.4, -0.2) is 47.9 Å². The van der Waals surface area contributed by atoms with Crippen LogP contribution in [0.3, 0.4) is 0 Å². The highest BCUT2D eigenvalue weighted by Crippen LogP contribution is 2.65. The third-order valence-electron chi connectivity index (χ3n) is 2.39. The summed E-state index contributed by atoms with van der Waals surface area (Å²) in [6, 6.07) is 0. The Hall–Kier alpha value is 0.220. The lowest BCUT2D eigenvalue weighted by Crippen LogP contribution is -2.21. The zero-order chi connectivity index (χ0) is 16.6. The van der Waals surface area contributed by atoms with Gasteiger partial charge in [0.25, 0.3) is 0 Å². The van der Waals surface area contributed by atoms with Crippen molar-refractivity contribution in [2.24, 2.45) is 0 Å². The van der Waals surface area contributed by atoms with Crippen LogP contribution >= 0.6 is 15.4 Å². The van der Waals surface area contributed by atoms with Crippen LogP contribution < -0.4 is 5.32 Å². The lowest BCUT2D eigenvalue weighted by Gasteiger charge is -2.26. The van der Waals surface area contributed by atoms with Gasteiger partial charge < -0.3 is 19.8 Å². The molecule has 0 heterocycles. The zero-order valence-corrected chi connectivity index (χ0v) is 14.9. The summed E-state index contributed by atoms with van der Waals surface area (Å²) in [6.45, 7) is 8.26. The molecule has 2 unspecified atom stereocenters. The topological polar surface area (TPSA) is 114 Å². The Morgan fingerprint density at radius 3 is 2.19 bits per heavy atom. The van der Waals surface area contributed by atoms with E-state index in [0.29, 0.717) is 13.2 Å². The van der Waals surface area contributed by atoms with Crippen molar-refractivity contribution in [1.82, 2.24) is 5.32 Å². The maximum absolute atomic E-state index is 11.8. The van der Waals surface area contributed by atoms with Gasteiger partial charge in [0.1, 0.15) is 0 Å². The van der Waals surface area contributed by atoms with E-state index >= 15 is 0 Å². The second kappa shape index (κ2) is 9.38. The van der Waals surface area contributed by atoms with Gasteiger partial charge in [-0.25, -0.2) is 8.88 Å². The summed E-state index contributed by atoms with van der Waals surface area (Å²) in [5.74, 6) is 0. The fourth-order valence-electron chi connectivity index (χ4n) is 1.05. The lowest BCUT2D eigenvalue weighted by molar-refractivity contribution is 0.0872. The first kappa shape index (κ1) is 21.2. The van der Waals surface area contributed by atoms with Crippen LogP contribution in [-0.2, 0) is 22.7 Å². The number of hydrogen-bond donors (Lipinski definition) is 3. The maximum Gasteiger partial charge on any atom is 0.479 e. The van der Waals surface area contributed by atoms with Crippen molar-refractivity contribution in [3.63, 3.8) is 0 Å². The molecule has 0 saturated carbocycles. The fourth-order valence-corrected chi connectivity index (χ4v) is 3.64. The Kier molecular flexibility index (Phi) is 9.48. The van der Waals surface area contributed by atoms with Crippen molar-refractivity contribution in [3.05, 3.63) is 0 Å². The van der Waals surface area contributed by atoms with Crippen molar-refractivity contribution in [3.8, 4) is 0 Å². The summed E-state index contributed by atoms with van der Waals surface area (Å²) >= 11 is 0. The number of ether oxygens (including phenoxy) is 1. The molecule has 128 valence electrons. The minimum atomic E-state index is -4.59. The second-order valence-electron chi connectivity index (χ2n) is 5.44. The van der Waals surface area contributed by atoms with Gasteiger partial charge >= 0.3 is 15.4 Å². The largest absolute Gasteiger partial charge is 0.479 e. The fraction of sp³-hybridized carbons (Fsp3) is 1.00. The van der Waals surface area contributed by atoms with Crippen molar-refractivity contribution in [2.75, 3.05) is 32.9 Å². The smallest absolute Gasteiger partial charge is 0.378 e. The van der Waals surface area contributed by atoms with Crippen LogP contribution in [0.15, 0.2) is 0 Å². The van der Waals surface area contributed by atoms with E-state index in [4.69, 9.17) is 4.74 Å². The Morgan fingerprint density at radius 1 is 1.05 bits per heavy atom. The van der Waals surface area contributed by atoms with Crippen LogP contribution in [0.2, 0.25) is 0 Å². The molecular weight excluding hydrogens is 320 g/mol. The first-order valence-corrected chi connectivity index (χ1v) is 9.89. The molecule has 0 radical (unpaired) electrons. The molecule has 8 nitrogen and oxygen atoms in total. The zero-order valence-electron chi connectivity index (χ0n) is 13.1. The predicted octanol–water partition coefficient (Wildman–Crippen LogP) is 2.12. The van der Waals surface area contributed by atoms with Gasteiger partial charge in [0, 0.05) is 6.54 Å². The molecule has 0 bridgehead atoms. The average molecular weight is 347 g/mol. The molecule has 0 rings (SSSR count). The van der Waals surface area contributed by atoms with E-state index in [2.05, 4.69) is 21.1 Å². The number of phosphoric ester groups is 1. The Bertz CT molecular complexity index is 383. The standard InChI is InChI=1S/C11H27NO7P2/c1-5-6-12-7-8-17-9-10-18-21(15,16)19-20(13,14)11(2,3)4/h12H,5-10H2,1-4H3,(H,13,14)(H,15,16). The maximum atomic E-state index is 11.8. The molecule has 0 fully saturated rings. The summed E-state index contributed by atoms with van der Waals surface area (Å²) in [5, 5.41) is 1.95. The van der Waals surface area contributed by atoms with E-state index in [-0.39, 0.29) is 13.2 Å². The Morgan fingerprint density at radius 2 is 1.67 bits per heavy atom. The highest BCUT2D eigenvalue weighted by atomic mass is 31.3. The number of hydrogen-bond acceptors (Lipinski definition) is 6. The normalized spacial score (nSPS) is 18.2. The van der Waals surface area contributed by atoms with Crippen molar-refractivity contribution in [1.29, 1.82) is 0 Å². The molecule has 0 aliphatic rings.